The zero-order valence-electron chi connectivity index (χ0n) is 77.8. The Kier molecular flexibility index (Phi) is 38.0. The molecule has 35 nitrogen and oxygen atoms in total. The van der Waals surface area contributed by atoms with Gasteiger partial charge in [0.25, 0.3) is 0 Å². The highest BCUT2D eigenvalue weighted by Crippen LogP contribution is 2.40. The molecule has 4 aliphatic rings. The van der Waals surface area contributed by atoms with Crippen LogP contribution in [0.2, 0.25) is 0 Å². The molecule has 0 saturated carbocycles. The zero-order chi connectivity index (χ0) is 98.4. The maximum atomic E-state index is 13.2. The molecule has 706 valence electrons. The highest BCUT2D eigenvalue weighted by atomic mass is 32.1. The van der Waals surface area contributed by atoms with E-state index in [1.807, 2.05) is 76.6 Å². The smallest absolute Gasteiger partial charge is 0.457 e. The number of hydrogen-bond donors (Lipinski definition) is 4. The van der Waals surface area contributed by atoms with E-state index in [1.165, 1.54) is 57.2 Å². The van der Waals surface area contributed by atoms with Crippen LogP contribution in [0.1, 0.15) is 219 Å². The number of esters is 1. The molecule has 4 saturated heterocycles. The molecule has 0 radical (unpaired) electrons. The van der Waals surface area contributed by atoms with Gasteiger partial charge in [-0.1, -0.05) is 110 Å². The second kappa shape index (κ2) is 47.0. The lowest BCUT2D eigenvalue weighted by Gasteiger charge is -2.21. The molecule has 4 aliphatic heterocycles. The number of rotatable bonds is 21. The summed E-state index contributed by atoms with van der Waals surface area (Å²) in [5.74, 6) is -3.86. The van der Waals surface area contributed by atoms with Gasteiger partial charge in [-0.2, -0.15) is 28.8 Å². The van der Waals surface area contributed by atoms with Crippen LogP contribution in [0.5, 0.6) is 0 Å². The van der Waals surface area contributed by atoms with Crippen molar-refractivity contribution in [3.8, 4) is 41.8 Å². The van der Waals surface area contributed by atoms with Crippen molar-refractivity contribution in [2.45, 2.75) is 255 Å². The number of thiazole rings is 4. The van der Waals surface area contributed by atoms with Gasteiger partial charge < -0.3 is 56.1 Å². The van der Waals surface area contributed by atoms with Crippen molar-refractivity contribution in [1.29, 1.82) is 0 Å². The molecule has 4 fully saturated rings. The van der Waals surface area contributed by atoms with E-state index < -0.39 is 65.5 Å². The number of nitrogens with zero attached hydrogens (tertiary/aromatic N) is 12. The number of aromatic nitrogens is 8. The van der Waals surface area contributed by atoms with E-state index in [0.29, 0.717) is 55.7 Å². The number of ether oxygens (including phenoxy) is 1. The number of carbonyl (C=O) groups is 9. The lowest BCUT2D eigenvalue weighted by atomic mass is 9.90. The Hall–Kier alpha value is -12.5. The first-order valence-electron chi connectivity index (χ1n) is 42.8. The van der Waals surface area contributed by atoms with Gasteiger partial charge in [0.1, 0.15) is 44.2 Å². The van der Waals surface area contributed by atoms with Crippen LogP contribution in [-0.4, -0.2) is 181 Å². The molecule has 0 unspecified atom stereocenters. The molecular formula is C93H116N16O19S4. The SMILES string of the molecule is CC[C@@H]1C[C@@H](C(N)=O)N(C(=O)Cc2nc(C)c(-c3ccnc(C(C)(C)C)c3)s2)C1.CC[C@H]1C[C@@H](C(N)=O)N(C(=O)Cc2nc(C)c(-c3ccnc(C(C)(C)C)c3)s2)C1.Cc1nc(CC(=O)N2CCC[C@H]2C(N)=O)sc1-c1ccnc(C(C)(C)C)c1.Cc1nc(CC(=O)N2C[C@H](C(=O)OCc3oc(=O)oc3C)C[C@H]2C(N)=O)sc1-c1ccnc(C(C)(C)C)c1.O=C=O.O=C=O.O=C=O. The third kappa shape index (κ3) is 29.0. The van der Waals surface area contributed by atoms with Crippen molar-refractivity contribution in [3.63, 3.8) is 0 Å². The van der Waals surface area contributed by atoms with Crippen LogP contribution in [0.4, 0.5) is 0 Å². The lowest BCUT2D eigenvalue weighted by Crippen LogP contribution is -2.44. The van der Waals surface area contributed by atoms with Gasteiger partial charge in [-0.25, -0.2) is 24.7 Å². The molecule has 13 heterocycles. The van der Waals surface area contributed by atoms with Crippen LogP contribution in [0.25, 0.3) is 41.8 Å². The van der Waals surface area contributed by atoms with Gasteiger partial charge in [0.05, 0.1) is 73.9 Å². The molecule has 8 N–H and O–H groups in total. The second-order valence-electron chi connectivity index (χ2n) is 36.3. The van der Waals surface area contributed by atoms with Gasteiger partial charge in [0, 0.05) is 95.4 Å². The molecule has 39 heteroatoms. The monoisotopic (exact) mass is 1890 g/mol. The van der Waals surface area contributed by atoms with E-state index in [2.05, 4.69) is 155 Å². The van der Waals surface area contributed by atoms with Crippen molar-refractivity contribution in [2.24, 2.45) is 40.7 Å². The average Bonchev–Trinajstić information content (AvgIpc) is 1.64. The van der Waals surface area contributed by atoms with E-state index in [0.717, 1.165) is 122 Å². The maximum Gasteiger partial charge on any atom is 0.519 e. The highest BCUT2D eigenvalue weighted by molar-refractivity contribution is 7.16. The van der Waals surface area contributed by atoms with Crippen molar-refractivity contribution in [1.82, 2.24) is 59.5 Å². The Bertz CT molecular complexity index is 5600. The normalized spacial score (nSPS) is 17.4. The van der Waals surface area contributed by atoms with Gasteiger partial charge in [-0.3, -0.25) is 63.1 Å². The summed E-state index contributed by atoms with van der Waals surface area (Å²) >= 11 is 6.00. The van der Waals surface area contributed by atoms with Crippen molar-refractivity contribution < 1.29 is 85.5 Å². The fourth-order valence-corrected chi connectivity index (χ4v) is 19.4. The van der Waals surface area contributed by atoms with Gasteiger partial charge in [0.2, 0.25) is 47.3 Å². The van der Waals surface area contributed by atoms with Gasteiger partial charge >= 0.3 is 30.2 Å². The quantitative estimate of drug-likeness (QED) is 0.0485. The molecule has 9 aromatic rings. The number of primary amides is 4. The fraction of sp³-hybridized carbons (Fsp3) is 0.495. The molecule has 0 bridgehead atoms. The molecule has 132 heavy (non-hydrogen) atoms. The number of carbonyl (C=O) groups excluding carboxylic acids is 15. The molecular weight excluding hydrogens is 1770 g/mol. The molecule has 7 atom stereocenters. The predicted octanol–water partition coefficient (Wildman–Crippen LogP) is 10.7. The first-order chi connectivity index (χ1) is 61.9. The topological polar surface area (TPSA) is 529 Å². The van der Waals surface area contributed by atoms with Crippen LogP contribution in [0, 0.1) is 52.4 Å². The Labute approximate surface area is 781 Å². The standard InChI is InChI=1S/C26H30N4O7S.2C22H30N4O2S.C20H26N4O2S.3CO2/c1-13-22(15-6-7-28-19(9-15)26(3,4)5)38-20(29-13)10-21(31)30-11-16(8-17(30)23(27)32)24(33)35-12-18-14(2)36-25(34)37-18;2*1-6-14-9-16(21(23)28)26(12-14)19(27)11-18-25-13(2)20(29-18)15-7-8-24-17(10-15)22(3,4)5;1-12-18(13-7-8-22-15(10-13)20(2,3)4)27-16(23-12)11-17(25)24-9-5-6-14(24)19(21)26;3*2-1-3/h6-7,9,16-17H,8,10-12H2,1-5H3,(H2,27,32);2*7-8,10,14,16H,6,9,11-12H2,1-5H3,(H2,23,28);7-8,10,14H,5-6,9,11H2,1-4H3,(H2,21,26);;;/t16-,17+;14-,16+;14-,16-;14-;;;/m1100.../s1. The first-order valence-corrected chi connectivity index (χ1v) is 46.0. The Balaban J connectivity index is 0.000000235. The Morgan fingerprint density at radius 3 is 0.970 bits per heavy atom. The number of amides is 8. The summed E-state index contributed by atoms with van der Waals surface area (Å²) in [6.45, 7) is 40.4. The van der Waals surface area contributed by atoms with Gasteiger partial charge in [-0.05, 0) is 149 Å². The number of hydrogen-bond acceptors (Lipinski definition) is 31. The van der Waals surface area contributed by atoms with Crippen LogP contribution in [0.3, 0.4) is 0 Å². The summed E-state index contributed by atoms with van der Waals surface area (Å²) < 4.78 is 14.8. The second-order valence-corrected chi connectivity index (χ2v) is 40.6. The van der Waals surface area contributed by atoms with Crippen molar-refractivity contribution in [2.75, 3.05) is 26.2 Å². The van der Waals surface area contributed by atoms with E-state index in [1.54, 1.807) is 20.9 Å². The molecule has 0 aliphatic carbocycles. The van der Waals surface area contributed by atoms with E-state index in [4.69, 9.17) is 65.3 Å². The third-order valence-electron chi connectivity index (χ3n) is 22.3. The average molecular weight is 1890 g/mol. The van der Waals surface area contributed by atoms with Crippen LogP contribution < -0.4 is 28.8 Å². The third-order valence-corrected chi connectivity index (χ3v) is 27.2. The van der Waals surface area contributed by atoms with Crippen LogP contribution >= 0.6 is 45.3 Å². The molecule has 8 amide bonds. The Morgan fingerprint density at radius 2 is 0.705 bits per heavy atom. The van der Waals surface area contributed by atoms with Gasteiger partial charge in [0.15, 0.2) is 18.1 Å². The fourth-order valence-electron chi connectivity index (χ4n) is 15.2. The summed E-state index contributed by atoms with van der Waals surface area (Å²) in [7, 11) is 0. The van der Waals surface area contributed by atoms with E-state index in [-0.39, 0.29) is 121 Å². The summed E-state index contributed by atoms with van der Waals surface area (Å²) in [5, 5.41) is 2.88. The summed E-state index contributed by atoms with van der Waals surface area (Å²) in [6.07, 6.45) is 13.2. The minimum Gasteiger partial charge on any atom is -0.457 e. The molecule has 9 aromatic heterocycles. The zero-order valence-corrected chi connectivity index (χ0v) is 81.1. The molecule has 0 aromatic carbocycles. The number of aryl methyl sites for hydroxylation is 5. The maximum absolute atomic E-state index is 13.2. The minimum absolute atomic E-state index is 0.0178. The lowest BCUT2D eigenvalue weighted by molar-refractivity contribution is -0.193. The largest absolute Gasteiger partial charge is 0.519 e. The first kappa shape index (κ1) is 107. The van der Waals surface area contributed by atoms with Crippen LogP contribution in [0.15, 0.2) is 86.9 Å². The van der Waals surface area contributed by atoms with Gasteiger partial charge in [-0.15, -0.1) is 45.3 Å². The summed E-state index contributed by atoms with van der Waals surface area (Å²) in [4.78, 5) is 218. The molecule has 0 spiro atoms. The minimum atomic E-state index is -0.941. The van der Waals surface area contributed by atoms with E-state index >= 15 is 0 Å². The number of likely N-dealkylation sites (tertiary alicyclic amines) is 4. The molecule has 13 rings (SSSR count). The van der Waals surface area contributed by atoms with Crippen molar-refractivity contribution >= 4 is 117 Å². The van der Waals surface area contributed by atoms with Crippen molar-refractivity contribution in [3.05, 3.63) is 161 Å². The van der Waals surface area contributed by atoms with Crippen LogP contribution in [-0.2, 0) is 131 Å². The number of nitrogens with two attached hydrogens (primary N) is 4. The number of pyridine rings is 4. The Morgan fingerprint density at radius 1 is 0.424 bits per heavy atom. The summed E-state index contributed by atoms with van der Waals surface area (Å²) in [6, 6.07) is 13.8. The predicted molar refractivity (Wildman–Crippen MR) is 490 cm³/mol. The highest BCUT2D eigenvalue weighted by Gasteiger charge is 2.44. The van der Waals surface area contributed by atoms with E-state index in [9.17, 15) is 47.9 Å². The summed E-state index contributed by atoms with van der Waals surface area (Å²) in [5.41, 5.74) is 33.5.